The maximum Gasteiger partial charge on any atom is 0.347 e. The van der Waals surface area contributed by atoms with Gasteiger partial charge in [-0.3, -0.25) is 0 Å². The number of carbonyl (C=O) groups excluding carboxylic acids is 1. The fraction of sp³-hybridized carbons (Fsp3) is 0.308. The zero-order chi connectivity index (χ0) is 12.4. The van der Waals surface area contributed by atoms with Crippen LogP contribution in [-0.2, 0) is 9.53 Å². The van der Waals surface area contributed by atoms with Gasteiger partial charge in [-0.15, -0.1) is 0 Å². The largest absolute Gasteiger partial charge is 0.478 e. The van der Waals surface area contributed by atoms with E-state index in [-0.39, 0.29) is 5.97 Å². The lowest BCUT2D eigenvalue weighted by Gasteiger charge is -2.26. The van der Waals surface area contributed by atoms with Crippen LogP contribution in [0.25, 0.3) is 5.57 Å². The van der Waals surface area contributed by atoms with E-state index in [0.29, 0.717) is 23.8 Å². The van der Waals surface area contributed by atoms with Crippen molar-refractivity contribution >= 4 is 23.1 Å². The average Bonchev–Trinajstić information content (AvgIpc) is 2.30. The molecule has 0 amide bonds. The lowest BCUT2D eigenvalue weighted by molar-refractivity contribution is -0.151. The van der Waals surface area contributed by atoms with Gasteiger partial charge in [-0.1, -0.05) is 18.2 Å². The Hall–Kier alpha value is -1.48. The molecule has 0 aliphatic carbocycles. The second-order valence-electron chi connectivity index (χ2n) is 3.81. The molecular formula is C13H13ClO3. The zero-order valence-electron chi connectivity index (χ0n) is 9.53. The zero-order valence-corrected chi connectivity index (χ0v) is 10.3. The van der Waals surface area contributed by atoms with E-state index in [4.69, 9.17) is 21.1 Å². The highest BCUT2D eigenvalue weighted by Crippen LogP contribution is 2.36. The van der Waals surface area contributed by atoms with Crippen LogP contribution in [0.5, 0.6) is 5.75 Å². The minimum atomic E-state index is -0.601. The fourth-order valence-electron chi connectivity index (χ4n) is 1.78. The van der Waals surface area contributed by atoms with E-state index in [1.807, 2.05) is 0 Å². The molecule has 0 spiro atoms. The van der Waals surface area contributed by atoms with Crippen LogP contribution in [-0.4, -0.2) is 18.7 Å². The van der Waals surface area contributed by atoms with Crippen LogP contribution >= 0.6 is 11.6 Å². The number of carbonyl (C=O) groups is 1. The molecule has 0 fully saturated rings. The molecule has 1 aromatic carbocycles. The van der Waals surface area contributed by atoms with Crippen LogP contribution in [0.4, 0.5) is 0 Å². The molecule has 1 aromatic rings. The van der Waals surface area contributed by atoms with Crippen molar-refractivity contribution in [3.63, 3.8) is 0 Å². The first-order valence-corrected chi connectivity index (χ1v) is 5.80. The normalized spacial score (nSPS) is 18.2. The molecule has 0 radical (unpaired) electrons. The summed E-state index contributed by atoms with van der Waals surface area (Å²) in [6.45, 7) is 6.06. The Morgan fingerprint density at radius 3 is 3.12 bits per heavy atom. The molecule has 1 heterocycles. The van der Waals surface area contributed by atoms with E-state index in [1.165, 1.54) is 0 Å². The predicted octanol–water partition coefficient (Wildman–Crippen LogP) is 3.07. The Bertz CT molecular complexity index is 468. The van der Waals surface area contributed by atoms with Crippen molar-refractivity contribution in [2.45, 2.75) is 19.4 Å². The smallest absolute Gasteiger partial charge is 0.347 e. The molecule has 0 saturated carbocycles. The van der Waals surface area contributed by atoms with Crippen LogP contribution < -0.4 is 4.74 Å². The average molecular weight is 253 g/mol. The minimum Gasteiger partial charge on any atom is -0.478 e. The number of benzene rings is 1. The van der Waals surface area contributed by atoms with Gasteiger partial charge in [0.2, 0.25) is 0 Å². The Morgan fingerprint density at radius 1 is 1.65 bits per heavy atom. The highest BCUT2D eigenvalue weighted by atomic mass is 35.5. The SMILES string of the molecule is C=C1C[C@H](C(=O)OCC)Oc2ccc(Cl)cc21. The van der Waals surface area contributed by atoms with E-state index in [2.05, 4.69) is 6.58 Å². The van der Waals surface area contributed by atoms with Crippen molar-refractivity contribution in [2.75, 3.05) is 6.61 Å². The van der Waals surface area contributed by atoms with Gasteiger partial charge >= 0.3 is 5.97 Å². The highest BCUT2D eigenvalue weighted by Gasteiger charge is 2.29. The van der Waals surface area contributed by atoms with Gasteiger partial charge < -0.3 is 9.47 Å². The number of esters is 1. The number of hydrogen-bond acceptors (Lipinski definition) is 3. The lowest BCUT2D eigenvalue weighted by Crippen LogP contribution is -2.32. The Kier molecular flexibility index (Phi) is 3.38. The predicted molar refractivity (Wildman–Crippen MR) is 66.2 cm³/mol. The fourth-order valence-corrected chi connectivity index (χ4v) is 1.95. The van der Waals surface area contributed by atoms with Gasteiger partial charge in [-0.2, -0.15) is 0 Å². The number of halogens is 1. The number of rotatable bonds is 2. The van der Waals surface area contributed by atoms with Crippen LogP contribution in [0.3, 0.4) is 0 Å². The quantitative estimate of drug-likeness (QED) is 0.759. The molecule has 1 aliphatic rings. The third kappa shape index (κ3) is 2.44. The summed E-state index contributed by atoms with van der Waals surface area (Å²) >= 11 is 5.90. The standard InChI is InChI=1S/C13H13ClO3/c1-3-16-13(15)12-6-8(2)10-7-9(14)4-5-11(10)17-12/h4-5,7,12H,2-3,6H2,1H3/t12-/m1/s1. The first-order chi connectivity index (χ1) is 8.11. The summed E-state index contributed by atoms with van der Waals surface area (Å²) in [7, 11) is 0. The summed E-state index contributed by atoms with van der Waals surface area (Å²) < 4.78 is 10.5. The highest BCUT2D eigenvalue weighted by molar-refractivity contribution is 6.30. The molecule has 4 heteroatoms. The van der Waals surface area contributed by atoms with Gasteiger partial charge in [0, 0.05) is 17.0 Å². The van der Waals surface area contributed by atoms with Gasteiger partial charge in [0.25, 0.3) is 0 Å². The van der Waals surface area contributed by atoms with Crippen molar-refractivity contribution in [1.82, 2.24) is 0 Å². The third-order valence-electron chi connectivity index (χ3n) is 2.57. The maximum absolute atomic E-state index is 11.6. The van der Waals surface area contributed by atoms with Crippen molar-refractivity contribution in [2.24, 2.45) is 0 Å². The molecule has 90 valence electrons. The molecule has 1 aliphatic heterocycles. The third-order valence-corrected chi connectivity index (χ3v) is 2.81. The first kappa shape index (κ1) is 12.0. The molecule has 17 heavy (non-hydrogen) atoms. The van der Waals surface area contributed by atoms with Gasteiger partial charge in [-0.25, -0.2) is 4.79 Å². The summed E-state index contributed by atoms with van der Waals surface area (Å²) in [5, 5.41) is 0.628. The molecule has 2 rings (SSSR count). The first-order valence-electron chi connectivity index (χ1n) is 5.42. The molecule has 0 aromatic heterocycles. The summed E-state index contributed by atoms with van der Waals surface area (Å²) in [5.74, 6) is 0.276. The van der Waals surface area contributed by atoms with Gasteiger partial charge in [0.15, 0.2) is 6.10 Å². The minimum absolute atomic E-state index is 0.346. The number of hydrogen-bond donors (Lipinski definition) is 0. The van der Waals surface area contributed by atoms with E-state index in [9.17, 15) is 4.79 Å². The van der Waals surface area contributed by atoms with Crippen LogP contribution in [0.1, 0.15) is 18.9 Å². The van der Waals surface area contributed by atoms with Gasteiger partial charge in [0.1, 0.15) is 5.75 Å². The van der Waals surface area contributed by atoms with Crippen LogP contribution in [0, 0.1) is 0 Å². The maximum atomic E-state index is 11.6. The molecular weight excluding hydrogens is 240 g/mol. The van der Waals surface area contributed by atoms with E-state index in [1.54, 1.807) is 25.1 Å². The number of fused-ring (bicyclic) bond motifs is 1. The van der Waals surface area contributed by atoms with Crippen LogP contribution in [0.2, 0.25) is 5.02 Å². The summed E-state index contributed by atoms with van der Waals surface area (Å²) in [5.41, 5.74) is 1.70. The summed E-state index contributed by atoms with van der Waals surface area (Å²) in [6, 6.07) is 5.26. The Morgan fingerprint density at radius 2 is 2.41 bits per heavy atom. The van der Waals surface area contributed by atoms with E-state index >= 15 is 0 Å². The van der Waals surface area contributed by atoms with Crippen LogP contribution in [0.15, 0.2) is 24.8 Å². The molecule has 3 nitrogen and oxygen atoms in total. The van der Waals surface area contributed by atoms with Gasteiger partial charge in [-0.05, 0) is 30.7 Å². The molecule has 0 bridgehead atoms. The van der Waals surface area contributed by atoms with Crippen molar-refractivity contribution in [3.8, 4) is 5.75 Å². The summed E-state index contributed by atoms with van der Waals surface area (Å²) in [4.78, 5) is 11.6. The molecule has 0 unspecified atom stereocenters. The lowest BCUT2D eigenvalue weighted by atomic mass is 9.97. The van der Waals surface area contributed by atoms with Gasteiger partial charge in [0.05, 0.1) is 6.61 Å². The van der Waals surface area contributed by atoms with Crippen molar-refractivity contribution in [1.29, 1.82) is 0 Å². The second-order valence-corrected chi connectivity index (χ2v) is 4.24. The van der Waals surface area contributed by atoms with Crippen molar-refractivity contribution < 1.29 is 14.3 Å². The van der Waals surface area contributed by atoms with Crippen molar-refractivity contribution in [3.05, 3.63) is 35.4 Å². The topological polar surface area (TPSA) is 35.5 Å². The van der Waals surface area contributed by atoms with E-state index in [0.717, 1.165) is 11.1 Å². The number of ether oxygens (including phenoxy) is 2. The Balaban J connectivity index is 2.25. The second kappa shape index (κ2) is 4.80. The monoisotopic (exact) mass is 252 g/mol. The molecule has 1 atom stereocenters. The molecule has 0 N–H and O–H groups in total. The Labute approximate surface area is 105 Å². The molecule has 0 saturated heterocycles. The van der Waals surface area contributed by atoms with E-state index < -0.39 is 6.10 Å². The summed E-state index contributed by atoms with van der Waals surface area (Å²) in [6.07, 6.45) is -0.164.